The summed E-state index contributed by atoms with van der Waals surface area (Å²) >= 11 is 0. The van der Waals surface area contributed by atoms with Crippen LogP contribution in [0.4, 0.5) is 0 Å². The Morgan fingerprint density at radius 1 is 1.11 bits per heavy atom. The molecule has 1 aromatic carbocycles. The van der Waals surface area contributed by atoms with Crippen LogP contribution in [0.2, 0.25) is 0 Å². The molecule has 1 heterocycles. The molecule has 1 aliphatic heterocycles. The molecule has 2 nitrogen and oxygen atoms in total. The maximum atomic E-state index is 3.68. The molecule has 2 heteroatoms. The van der Waals surface area contributed by atoms with Crippen molar-refractivity contribution >= 4 is 0 Å². The van der Waals surface area contributed by atoms with Gasteiger partial charge in [-0.1, -0.05) is 29.8 Å². The van der Waals surface area contributed by atoms with Gasteiger partial charge in [0.05, 0.1) is 0 Å². The summed E-state index contributed by atoms with van der Waals surface area (Å²) in [6, 6.07) is 8.80. The van der Waals surface area contributed by atoms with E-state index in [-0.39, 0.29) is 5.54 Å². The molecule has 0 atom stereocenters. The Labute approximate surface area is 111 Å². The van der Waals surface area contributed by atoms with Crippen molar-refractivity contribution in [2.75, 3.05) is 19.6 Å². The Bertz CT molecular complexity index is 361. The highest BCUT2D eigenvalue weighted by molar-refractivity contribution is 5.21. The third-order valence-corrected chi connectivity index (χ3v) is 3.71. The second kappa shape index (κ2) is 5.85. The summed E-state index contributed by atoms with van der Waals surface area (Å²) in [5.74, 6) is 0. The highest BCUT2D eigenvalue weighted by atomic mass is 15.2. The van der Waals surface area contributed by atoms with Gasteiger partial charge < -0.3 is 10.2 Å². The highest BCUT2D eigenvalue weighted by Gasteiger charge is 2.22. The van der Waals surface area contributed by atoms with E-state index in [4.69, 9.17) is 0 Å². The molecule has 0 spiro atoms. The van der Waals surface area contributed by atoms with E-state index in [1.165, 1.54) is 37.1 Å². The molecule has 0 aliphatic carbocycles. The Hall–Kier alpha value is -0.860. The Morgan fingerprint density at radius 3 is 2.33 bits per heavy atom. The highest BCUT2D eigenvalue weighted by Crippen LogP contribution is 2.13. The SMILES string of the molecule is Cc1ccc(CNC(C)(C)CN2CCCC2)cc1. The molecular formula is C16H26N2. The second-order valence-corrected chi connectivity index (χ2v) is 6.21. The van der Waals surface area contributed by atoms with E-state index in [2.05, 4.69) is 55.3 Å². The Morgan fingerprint density at radius 2 is 1.72 bits per heavy atom. The zero-order valence-corrected chi connectivity index (χ0v) is 12.0. The molecule has 0 saturated carbocycles. The van der Waals surface area contributed by atoms with Gasteiger partial charge in [0, 0.05) is 18.6 Å². The summed E-state index contributed by atoms with van der Waals surface area (Å²) in [5, 5.41) is 3.68. The number of likely N-dealkylation sites (tertiary alicyclic amines) is 1. The van der Waals surface area contributed by atoms with Gasteiger partial charge in [-0.05, 0) is 52.3 Å². The van der Waals surface area contributed by atoms with Crippen LogP contribution in [0.1, 0.15) is 37.8 Å². The molecule has 0 radical (unpaired) electrons. The van der Waals surface area contributed by atoms with Crippen LogP contribution >= 0.6 is 0 Å². The summed E-state index contributed by atoms with van der Waals surface area (Å²) < 4.78 is 0. The summed E-state index contributed by atoms with van der Waals surface area (Å²) in [6.07, 6.45) is 2.74. The number of benzene rings is 1. The Balaban J connectivity index is 1.82. The third kappa shape index (κ3) is 4.11. The van der Waals surface area contributed by atoms with Crippen molar-refractivity contribution in [2.45, 2.75) is 45.7 Å². The van der Waals surface area contributed by atoms with Crippen molar-refractivity contribution in [1.29, 1.82) is 0 Å². The van der Waals surface area contributed by atoms with Gasteiger partial charge in [-0.25, -0.2) is 0 Å². The van der Waals surface area contributed by atoms with Crippen LogP contribution in [-0.4, -0.2) is 30.1 Å². The van der Waals surface area contributed by atoms with E-state index >= 15 is 0 Å². The molecule has 0 bridgehead atoms. The lowest BCUT2D eigenvalue weighted by Gasteiger charge is -2.31. The minimum Gasteiger partial charge on any atom is -0.306 e. The van der Waals surface area contributed by atoms with Gasteiger partial charge in [0.15, 0.2) is 0 Å². The maximum absolute atomic E-state index is 3.68. The molecule has 1 aliphatic rings. The summed E-state index contributed by atoms with van der Waals surface area (Å²) in [5.41, 5.74) is 2.89. The normalized spacial score (nSPS) is 17.3. The minimum absolute atomic E-state index is 0.190. The zero-order chi connectivity index (χ0) is 13.0. The molecule has 0 amide bonds. The van der Waals surface area contributed by atoms with Gasteiger partial charge in [-0.15, -0.1) is 0 Å². The first-order valence-corrected chi connectivity index (χ1v) is 7.08. The molecule has 100 valence electrons. The van der Waals surface area contributed by atoms with Crippen molar-refractivity contribution < 1.29 is 0 Å². The number of hydrogen-bond acceptors (Lipinski definition) is 2. The first kappa shape index (κ1) is 13.6. The zero-order valence-electron chi connectivity index (χ0n) is 12.0. The quantitative estimate of drug-likeness (QED) is 0.859. The first-order chi connectivity index (χ1) is 8.55. The van der Waals surface area contributed by atoms with Crippen molar-refractivity contribution in [2.24, 2.45) is 0 Å². The molecule has 1 saturated heterocycles. The van der Waals surface area contributed by atoms with Crippen LogP contribution < -0.4 is 5.32 Å². The lowest BCUT2D eigenvalue weighted by atomic mass is 10.0. The van der Waals surface area contributed by atoms with Crippen molar-refractivity contribution in [3.8, 4) is 0 Å². The standard InChI is InChI=1S/C16H26N2/c1-14-6-8-15(9-7-14)12-17-16(2,3)13-18-10-4-5-11-18/h6-9,17H,4-5,10-13H2,1-3H3. The van der Waals surface area contributed by atoms with Crippen LogP contribution in [0.5, 0.6) is 0 Å². The minimum atomic E-state index is 0.190. The topological polar surface area (TPSA) is 15.3 Å². The summed E-state index contributed by atoms with van der Waals surface area (Å²) in [7, 11) is 0. The fourth-order valence-corrected chi connectivity index (χ4v) is 2.60. The van der Waals surface area contributed by atoms with E-state index in [9.17, 15) is 0 Å². The van der Waals surface area contributed by atoms with E-state index in [0.29, 0.717) is 0 Å². The predicted molar refractivity (Wildman–Crippen MR) is 77.8 cm³/mol. The van der Waals surface area contributed by atoms with Crippen LogP contribution in [0, 0.1) is 6.92 Å². The molecule has 0 aromatic heterocycles. The molecule has 1 fully saturated rings. The van der Waals surface area contributed by atoms with Crippen molar-refractivity contribution in [3.63, 3.8) is 0 Å². The molecule has 1 N–H and O–H groups in total. The molecule has 1 aromatic rings. The lowest BCUT2D eigenvalue weighted by molar-refractivity contribution is 0.234. The second-order valence-electron chi connectivity index (χ2n) is 6.21. The molecular weight excluding hydrogens is 220 g/mol. The number of rotatable bonds is 5. The molecule has 18 heavy (non-hydrogen) atoms. The summed E-state index contributed by atoms with van der Waals surface area (Å²) in [4.78, 5) is 2.57. The van der Waals surface area contributed by atoms with Gasteiger partial charge in [0.2, 0.25) is 0 Å². The molecule has 2 rings (SSSR count). The van der Waals surface area contributed by atoms with E-state index in [1.54, 1.807) is 0 Å². The monoisotopic (exact) mass is 246 g/mol. The Kier molecular flexibility index (Phi) is 4.41. The van der Waals surface area contributed by atoms with Crippen molar-refractivity contribution in [1.82, 2.24) is 10.2 Å². The fraction of sp³-hybridized carbons (Fsp3) is 0.625. The van der Waals surface area contributed by atoms with Crippen molar-refractivity contribution in [3.05, 3.63) is 35.4 Å². The van der Waals surface area contributed by atoms with Gasteiger partial charge in [0.25, 0.3) is 0 Å². The fourth-order valence-electron chi connectivity index (χ4n) is 2.60. The number of aryl methyl sites for hydroxylation is 1. The number of nitrogens with zero attached hydrogens (tertiary/aromatic N) is 1. The number of nitrogens with one attached hydrogen (secondary N) is 1. The first-order valence-electron chi connectivity index (χ1n) is 7.08. The predicted octanol–water partition coefficient (Wildman–Crippen LogP) is 2.96. The van der Waals surface area contributed by atoms with Crippen LogP contribution in [-0.2, 0) is 6.54 Å². The summed E-state index contributed by atoms with van der Waals surface area (Å²) in [6.45, 7) is 11.4. The average molecular weight is 246 g/mol. The van der Waals surface area contributed by atoms with E-state index < -0.39 is 0 Å². The third-order valence-electron chi connectivity index (χ3n) is 3.71. The largest absolute Gasteiger partial charge is 0.306 e. The van der Waals surface area contributed by atoms with Crippen LogP contribution in [0.15, 0.2) is 24.3 Å². The smallest absolute Gasteiger partial charge is 0.0255 e. The van der Waals surface area contributed by atoms with Crippen LogP contribution in [0.25, 0.3) is 0 Å². The van der Waals surface area contributed by atoms with Gasteiger partial charge in [0.1, 0.15) is 0 Å². The van der Waals surface area contributed by atoms with Gasteiger partial charge in [-0.3, -0.25) is 0 Å². The molecule has 0 unspecified atom stereocenters. The van der Waals surface area contributed by atoms with Crippen LogP contribution in [0.3, 0.4) is 0 Å². The maximum Gasteiger partial charge on any atom is 0.0255 e. The van der Waals surface area contributed by atoms with Gasteiger partial charge in [-0.2, -0.15) is 0 Å². The average Bonchev–Trinajstić information content (AvgIpc) is 2.80. The van der Waals surface area contributed by atoms with Gasteiger partial charge >= 0.3 is 0 Å². The van der Waals surface area contributed by atoms with E-state index in [0.717, 1.165) is 13.1 Å². The van der Waals surface area contributed by atoms with E-state index in [1.807, 2.05) is 0 Å². The number of hydrogen-bond donors (Lipinski definition) is 1. The lowest BCUT2D eigenvalue weighted by Crippen LogP contribution is -2.48.